The van der Waals surface area contributed by atoms with Crippen LogP contribution in [0, 0.1) is 34.8 Å². The number of benzene rings is 2. The Bertz CT molecular complexity index is 1380. The van der Waals surface area contributed by atoms with Crippen molar-refractivity contribution in [3.63, 3.8) is 0 Å². The van der Waals surface area contributed by atoms with Gasteiger partial charge in [0.05, 0.1) is 10.6 Å². The van der Waals surface area contributed by atoms with Crippen molar-refractivity contribution in [3.05, 3.63) is 63.4 Å². The van der Waals surface area contributed by atoms with Crippen LogP contribution >= 0.6 is 11.3 Å². The predicted octanol–water partition coefficient (Wildman–Crippen LogP) is 11.6. The van der Waals surface area contributed by atoms with Gasteiger partial charge in [-0.05, 0) is 67.8 Å². The minimum absolute atomic E-state index is 0.0750. The van der Waals surface area contributed by atoms with Crippen LogP contribution < -0.4 is 0 Å². The SMILES string of the molecule is CC(=CCc1c(C)c(N=Nc2ncc([N+](=O)[O-])s2)c2ccccc2c1O)CCCC(C)CCCC(C)CCCC(C)C. The van der Waals surface area contributed by atoms with Gasteiger partial charge in [-0.3, -0.25) is 10.1 Å². The van der Waals surface area contributed by atoms with E-state index in [0.29, 0.717) is 17.5 Å². The maximum Gasteiger partial charge on any atom is 0.345 e. The third-order valence-corrected chi connectivity index (χ3v) is 9.06. The Labute approximate surface area is 255 Å². The largest absolute Gasteiger partial charge is 0.507 e. The third-order valence-electron chi connectivity index (χ3n) is 8.22. The summed E-state index contributed by atoms with van der Waals surface area (Å²) < 4.78 is 0. The molecule has 0 radical (unpaired) electrons. The number of aromatic hydroxyl groups is 1. The van der Waals surface area contributed by atoms with Gasteiger partial charge in [-0.15, -0.1) is 10.2 Å². The average Bonchev–Trinajstić information content (AvgIpc) is 3.42. The first kappa shape index (κ1) is 33.4. The maximum atomic E-state index is 11.2. The minimum atomic E-state index is -0.484. The van der Waals surface area contributed by atoms with Gasteiger partial charge in [-0.1, -0.05) is 109 Å². The number of nitro groups is 1. The summed E-state index contributed by atoms with van der Waals surface area (Å²) in [6, 6.07) is 7.57. The normalized spacial score (nSPS) is 13.8. The van der Waals surface area contributed by atoms with Crippen LogP contribution in [0.1, 0.15) is 104 Å². The number of phenolic OH excluding ortho intramolecular Hbond substituents is 1. The van der Waals surface area contributed by atoms with Crippen molar-refractivity contribution in [3.8, 4) is 5.75 Å². The second-order valence-corrected chi connectivity index (χ2v) is 13.4. The van der Waals surface area contributed by atoms with E-state index in [2.05, 4.69) is 55.9 Å². The molecule has 0 fully saturated rings. The Kier molecular flexibility index (Phi) is 13.1. The topological polar surface area (TPSA) is 101 Å². The molecule has 8 heteroatoms. The molecule has 1 N–H and O–H groups in total. The Hall–Kier alpha value is -3.13. The van der Waals surface area contributed by atoms with Crippen molar-refractivity contribution in [1.82, 2.24) is 4.98 Å². The molecule has 7 nitrogen and oxygen atoms in total. The number of azo groups is 1. The van der Waals surface area contributed by atoms with Crippen LogP contribution in [-0.4, -0.2) is 15.0 Å². The van der Waals surface area contributed by atoms with Gasteiger partial charge in [0.25, 0.3) is 0 Å². The maximum absolute atomic E-state index is 11.2. The quantitative estimate of drug-likeness (QED) is 0.0729. The number of hydrogen-bond donors (Lipinski definition) is 1. The molecule has 228 valence electrons. The summed E-state index contributed by atoms with van der Waals surface area (Å²) in [5, 5.41) is 32.5. The van der Waals surface area contributed by atoms with Gasteiger partial charge in [0, 0.05) is 16.3 Å². The number of nitrogens with zero attached hydrogens (tertiary/aromatic N) is 4. The van der Waals surface area contributed by atoms with Gasteiger partial charge in [-0.2, -0.15) is 0 Å². The monoisotopic (exact) mass is 592 g/mol. The number of hydrogen-bond acceptors (Lipinski definition) is 7. The van der Waals surface area contributed by atoms with Gasteiger partial charge in [-0.25, -0.2) is 4.98 Å². The van der Waals surface area contributed by atoms with Gasteiger partial charge in [0.1, 0.15) is 11.9 Å². The highest BCUT2D eigenvalue weighted by atomic mass is 32.1. The lowest BCUT2D eigenvalue weighted by Gasteiger charge is -2.15. The van der Waals surface area contributed by atoms with Crippen molar-refractivity contribution in [1.29, 1.82) is 0 Å². The molecule has 0 aliphatic carbocycles. The van der Waals surface area contributed by atoms with Crippen LogP contribution in [0.2, 0.25) is 0 Å². The fraction of sp³-hybridized carbons (Fsp3) is 0.559. The fourth-order valence-corrected chi connectivity index (χ4v) is 6.08. The van der Waals surface area contributed by atoms with E-state index in [4.69, 9.17) is 0 Å². The lowest BCUT2D eigenvalue weighted by atomic mass is 9.91. The molecule has 2 unspecified atom stereocenters. The Morgan fingerprint density at radius 2 is 1.62 bits per heavy atom. The highest BCUT2D eigenvalue weighted by Gasteiger charge is 2.17. The third kappa shape index (κ3) is 10.0. The van der Waals surface area contributed by atoms with E-state index in [1.165, 1.54) is 63.1 Å². The second kappa shape index (κ2) is 16.5. The molecule has 42 heavy (non-hydrogen) atoms. The number of thiazole rings is 1. The van der Waals surface area contributed by atoms with Crippen LogP contribution in [-0.2, 0) is 6.42 Å². The van der Waals surface area contributed by atoms with Gasteiger partial charge in [0.15, 0.2) is 0 Å². The van der Waals surface area contributed by atoms with Crippen molar-refractivity contribution in [2.24, 2.45) is 28.0 Å². The van der Waals surface area contributed by atoms with Crippen LogP contribution in [0.15, 0.2) is 52.3 Å². The summed E-state index contributed by atoms with van der Waals surface area (Å²) in [7, 11) is 0. The van der Waals surface area contributed by atoms with Crippen LogP contribution in [0.3, 0.4) is 0 Å². The summed E-state index contributed by atoms with van der Waals surface area (Å²) in [4.78, 5) is 14.5. The predicted molar refractivity (Wildman–Crippen MR) is 175 cm³/mol. The summed E-state index contributed by atoms with van der Waals surface area (Å²) >= 11 is 0.882. The number of phenols is 1. The van der Waals surface area contributed by atoms with E-state index >= 15 is 0 Å². The summed E-state index contributed by atoms with van der Waals surface area (Å²) in [5.41, 5.74) is 3.64. The number of aromatic nitrogens is 1. The van der Waals surface area contributed by atoms with Crippen molar-refractivity contribution >= 4 is 37.9 Å². The van der Waals surface area contributed by atoms with Gasteiger partial charge in [0.2, 0.25) is 5.13 Å². The molecular formula is C34H48N4O3S. The average molecular weight is 593 g/mol. The fourth-order valence-electron chi connectivity index (χ4n) is 5.53. The van der Waals surface area contributed by atoms with Gasteiger partial charge < -0.3 is 5.11 Å². The van der Waals surface area contributed by atoms with Crippen molar-refractivity contribution in [2.45, 2.75) is 106 Å². The summed E-state index contributed by atoms with van der Waals surface area (Å²) in [6.45, 7) is 13.5. The van der Waals surface area contributed by atoms with Crippen LogP contribution in [0.5, 0.6) is 5.75 Å². The Morgan fingerprint density at radius 3 is 2.24 bits per heavy atom. The number of fused-ring (bicyclic) bond motifs is 1. The van der Waals surface area contributed by atoms with Crippen LogP contribution in [0.4, 0.5) is 15.8 Å². The lowest BCUT2D eigenvalue weighted by molar-refractivity contribution is -0.380. The van der Waals surface area contributed by atoms with Crippen molar-refractivity contribution < 1.29 is 10.0 Å². The molecule has 3 rings (SSSR count). The summed E-state index contributed by atoms with van der Waals surface area (Å²) in [6.07, 6.45) is 15.5. The molecule has 1 heterocycles. The molecular weight excluding hydrogens is 544 g/mol. The highest BCUT2D eigenvalue weighted by Crippen LogP contribution is 2.41. The molecule has 2 aromatic carbocycles. The molecule has 0 saturated carbocycles. The zero-order chi connectivity index (χ0) is 30.6. The van der Waals surface area contributed by atoms with E-state index in [9.17, 15) is 15.2 Å². The smallest absolute Gasteiger partial charge is 0.345 e. The Balaban J connectivity index is 1.58. The first-order valence-electron chi connectivity index (χ1n) is 15.5. The van der Waals surface area contributed by atoms with Crippen molar-refractivity contribution in [2.75, 3.05) is 0 Å². The van der Waals surface area contributed by atoms with Gasteiger partial charge >= 0.3 is 5.00 Å². The molecule has 1 aromatic heterocycles. The van der Waals surface area contributed by atoms with E-state index in [-0.39, 0.29) is 15.9 Å². The summed E-state index contributed by atoms with van der Waals surface area (Å²) in [5.74, 6) is 2.67. The molecule has 0 bridgehead atoms. The Morgan fingerprint density at radius 1 is 1.00 bits per heavy atom. The van der Waals surface area contributed by atoms with E-state index in [0.717, 1.165) is 52.0 Å². The number of rotatable bonds is 17. The minimum Gasteiger partial charge on any atom is -0.507 e. The first-order valence-corrected chi connectivity index (χ1v) is 16.3. The standard InChI is InChI=1S/C34H48N4O3S/c1-23(2)12-9-13-24(3)14-10-15-25(4)16-11-17-26(5)20-21-28-27(6)32(29-18-7-8-19-30(29)33(28)39)36-37-34-35-22-31(42-34)38(40)41/h7-8,18-20,22-25,39H,9-17,21H2,1-6H3. The molecule has 0 amide bonds. The van der Waals surface area contributed by atoms with Crippen LogP contribution in [0.25, 0.3) is 10.8 Å². The molecule has 0 saturated heterocycles. The lowest BCUT2D eigenvalue weighted by Crippen LogP contribution is -2.00. The zero-order valence-corrected chi connectivity index (χ0v) is 27.0. The van der Waals surface area contributed by atoms with E-state index < -0.39 is 4.92 Å². The zero-order valence-electron chi connectivity index (χ0n) is 26.2. The molecule has 2 atom stereocenters. The molecule has 3 aromatic rings. The molecule has 0 aliphatic heterocycles. The second-order valence-electron chi connectivity index (χ2n) is 12.4. The molecule has 0 aliphatic rings. The first-order chi connectivity index (χ1) is 20.1. The number of allylic oxidation sites excluding steroid dienone is 2. The highest BCUT2D eigenvalue weighted by molar-refractivity contribution is 7.18. The van der Waals surface area contributed by atoms with E-state index in [1.807, 2.05) is 31.2 Å². The van der Waals surface area contributed by atoms with E-state index in [1.54, 1.807) is 0 Å². The molecule has 0 spiro atoms.